The number of benzene rings is 1. The molecule has 0 heterocycles. The van der Waals surface area contributed by atoms with Crippen molar-refractivity contribution in [3.05, 3.63) is 35.1 Å². The molecule has 1 aromatic rings. The molecule has 0 aliphatic heterocycles. The quantitative estimate of drug-likeness (QED) is 0.864. The lowest BCUT2D eigenvalue weighted by molar-refractivity contribution is 0.365. The zero-order chi connectivity index (χ0) is 14.6. The van der Waals surface area contributed by atoms with Gasteiger partial charge in [-0.2, -0.15) is 0 Å². The van der Waals surface area contributed by atoms with Gasteiger partial charge in [-0.15, -0.1) is 0 Å². The molecule has 21 heavy (non-hydrogen) atoms. The number of rotatable bonds is 5. The first-order chi connectivity index (χ1) is 10.2. The third-order valence-corrected chi connectivity index (χ3v) is 6.47. The largest absolute Gasteiger partial charge is 0.314 e. The van der Waals surface area contributed by atoms with Crippen molar-refractivity contribution >= 4 is 0 Å². The first-order valence-corrected chi connectivity index (χ1v) is 8.67. The highest BCUT2D eigenvalue weighted by Crippen LogP contribution is 2.70. The molecule has 3 fully saturated rings. The third-order valence-electron chi connectivity index (χ3n) is 6.47. The Morgan fingerprint density at radius 1 is 1.24 bits per heavy atom. The molecule has 2 bridgehead atoms. The zero-order valence-electron chi connectivity index (χ0n) is 13.1. The summed E-state index contributed by atoms with van der Waals surface area (Å²) < 4.78 is 13.3. The average molecular weight is 287 g/mol. The molecule has 1 aromatic carbocycles. The molecular weight excluding hydrogens is 261 g/mol. The van der Waals surface area contributed by atoms with Crippen LogP contribution >= 0.6 is 0 Å². The summed E-state index contributed by atoms with van der Waals surface area (Å²) in [5, 5.41) is 3.74. The lowest BCUT2D eigenvalue weighted by Gasteiger charge is -2.22. The number of likely N-dealkylation sites (N-methyl/N-ethyl adjacent to an activating group) is 1. The van der Waals surface area contributed by atoms with Crippen molar-refractivity contribution in [2.24, 2.45) is 29.6 Å². The van der Waals surface area contributed by atoms with Gasteiger partial charge in [0.15, 0.2) is 0 Å². The number of halogens is 1. The first-order valence-electron chi connectivity index (χ1n) is 8.67. The summed E-state index contributed by atoms with van der Waals surface area (Å²) in [5.74, 6) is 4.85. The SMILES string of the molecule is CCNC(Cc1ccc(F)cc1C)C1C2C3CCC(C3)C21. The summed E-state index contributed by atoms with van der Waals surface area (Å²) in [7, 11) is 0. The van der Waals surface area contributed by atoms with Crippen LogP contribution in [0.3, 0.4) is 0 Å². The van der Waals surface area contributed by atoms with Crippen molar-refractivity contribution in [2.45, 2.75) is 45.6 Å². The van der Waals surface area contributed by atoms with Gasteiger partial charge in [-0.3, -0.25) is 0 Å². The topological polar surface area (TPSA) is 12.0 Å². The van der Waals surface area contributed by atoms with Gasteiger partial charge in [0.1, 0.15) is 5.82 Å². The molecule has 3 aliphatic rings. The minimum atomic E-state index is -0.113. The number of nitrogens with one attached hydrogen (secondary N) is 1. The van der Waals surface area contributed by atoms with Crippen molar-refractivity contribution in [1.82, 2.24) is 5.32 Å². The average Bonchev–Trinajstić information content (AvgIpc) is 2.88. The van der Waals surface area contributed by atoms with Crippen molar-refractivity contribution < 1.29 is 4.39 Å². The maximum absolute atomic E-state index is 13.3. The van der Waals surface area contributed by atoms with Gasteiger partial charge in [-0.25, -0.2) is 4.39 Å². The Bertz CT molecular complexity index is 524. The van der Waals surface area contributed by atoms with E-state index in [-0.39, 0.29) is 5.82 Å². The number of hydrogen-bond donors (Lipinski definition) is 1. The molecule has 4 rings (SSSR count). The van der Waals surface area contributed by atoms with E-state index in [2.05, 4.69) is 12.2 Å². The minimum Gasteiger partial charge on any atom is -0.314 e. The second kappa shape index (κ2) is 5.08. The summed E-state index contributed by atoms with van der Waals surface area (Å²) in [6.45, 7) is 5.28. The fourth-order valence-corrected chi connectivity index (χ4v) is 5.66. The maximum atomic E-state index is 13.3. The van der Waals surface area contributed by atoms with Crippen molar-refractivity contribution in [2.75, 3.05) is 6.54 Å². The van der Waals surface area contributed by atoms with Crippen LogP contribution in [0.1, 0.15) is 37.3 Å². The molecule has 3 saturated carbocycles. The molecule has 3 aliphatic carbocycles. The van der Waals surface area contributed by atoms with E-state index >= 15 is 0 Å². The molecule has 5 unspecified atom stereocenters. The normalized spacial score (nSPS) is 37.6. The Morgan fingerprint density at radius 2 is 1.95 bits per heavy atom. The highest BCUT2D eigenvalue weighted by molar-refractivity contribution is 5.28. The lowest BCUT2D eigenvalue weighted by atomic mass is 9.92. The van der Waals surface area contributed by atoms with Crippen molar-refractivity contribution in [1.29, 1.82) is 0 Å². The molecule has 1 nitrogen and oxygen atoms in total. The highest BCUT2D eigenvalue weighted by atomic mass is 19.1. The van der Waals surface area contributed by atoms with E-state index < -0.39 is 0 Å². The molecule has 114 valence electrons. The highest BCUT2D eigenvalue weighted by Gasteiger charge is 2.66. The van der Waals surface area contributed by atoms with E-state index in [1.807, 2.05) is 13.0 Å². The van der Waals surface area contributed by atoms with Gasteiger partial charge in [0, 0.05) is 6.04 Å². The van der Waals surface area contributed by atoms with Crippen molar-refractivity contribution in [3.8, 4) is 0 Å². The molecule has 2 heteroatoms. The molecule has 5 atom stereocenters. The van der Waals surface area contributed by atoms with E-state index in [0.717, 1.165) is 48.1 Å². The summed E-state index contributed by atoms with van der Waals surface area (Å²) >= 11 is 0. The number of hydrogen-bond acceptors (Lipinski definition) is 1. The fraction of sp³-hybridized carbons (Fsp3) is 0.684. The van der Waals surface area contributed by atoms with Crippen LogP contribution in [0.4, 0.5) is 4.39 Å². The number of aryl methyl sites for hydroxylation is 1. The Hall–Kier alpha value is -0.890. The van der Waals surface area contributed by atoms with Gasteiger partial charge in [-0.1, -0.05) is 13.0 Å². The fourth-order valence-electron chi connectivity index (χ4n) is 5.66. The molecular formula is C19H26FN. The Labute approximate surface area is 127 Å². The Kier molecular flexibility index (Phi) is 3.33. The number of fused-ring (bicyclic) bond motifs is 5. The molecule has 0 spiro atoms. The van der Waals surface area contributed by atoms with E-state index in [0.29, 0.717) is 6.04 Å². The van der Waals surface area contributed by atoms with Crippen LogP contribution in [0.2, 0.25) is 0 Å². The second-order valence-electron chi connectivity index (χ2n) is 7.50. The predicted molar refractivity (Wildman–Crippen MR) is 83.6 cm³/mol. The summed E-state index contributed by atoms with van der Waals surface area (Å²) in [6.07, 6.45) is 5.55. The van der Waals surface area contributed by atoms with Crippen LogP contribution in [0.25, 0.3) is 0 Å². The van der Waals surface area contributed by atoms with E-state index in [9.17, 15) is 4.39 Å². The van der Waals surface area contributed by atoms with Gasteiger partial charge in [0.05, 0.1) is 0 Å². The molecule has 0 saturated heterocycles. The standard InChI is InChI=1S/C19H26FN/c1-3-21-16(10-12-6-7-15(20)8-11(12)2)19-17-13-4-5-14(9-13)18(17)19/h6-8,13-14,16-19,21H,3-5,9-10H2,1-2H3. The van der Waals surface area contributed by atoms with Crippen LogP contribution < -0.4 is 5.32 Å². The van der Waals surface area contributed by atoms with E-state index in [4.69, 9.17) is 0 Å². The monoisotopic (exact) mass is 287 g/mol. The molecule has 1 N–H and O–H groups in total. The van der Waals surface area contributed by atoms with Gasteiger partial charge in [0.2, 0.25) is 0 Å². The van der Waals surface area contributed by atoms with E-state index in [1.165, 1.54) is 24.8 Å². The smallest absolute Gasteiger partial charge is 0.123 e. The minimum absolute atomic E-state index is 0.113. The van der Waals surface area contributed by atoms with Crippen LogP contribution in [0.15, 0.2) is 18.2 Å². The van der Waals surface area contributed by atoms with Crippen LogP contribution in [-0.4, -0.2) is 12.6 Å². The van der Waals surface area contributed by atoms with Gasteiger partial charge < -0.3 is 5.32 Å². The van der Waals surface area contributed by atoms with Crippen LogP contribution in [0, 0.1) is 42.3 Å². The third kappa shape index (κ3) is 2.23. The zero-order valence-corrected chi connectivity index (χ0v) is 13.1. The summed E-state index contributed by atoms with van der Waals surface area (Å²) in [6, 6.07) is 5.87. The predicted octanol–water partition coefficient (Wildman–Crippen LogP) is 3.95. The Balaban J connectivity index is 1.51. The van der Waals surface area contributed by atoms with Gasteiger partial charge in [0.25, 0.3) is 0 Å². The van der Waals surface area contributed by atoms with E-state index in [1.54, 1.807) is 12.1 Å². The van der Waals surface area contributed by atoms with Crippen LogP contribution in [0.5, 0.6) is 0 Å². The summed E-state index contributed by atoms with van der Waals surface area (Å²) in [5.41, 5.74) is 2.42. The maximum Gasteiger partial charge on any atom is 0.123 e. The molecule has 0 aromatic heterocycles. The van der Waals surface area contributed by atoms with Gasteiger partial charge >= 0.3 is 0 Å². The van der Waals surface area contributed by atoms with Gasteiger partial charge in [-0.05, 0) is 92.0 Å². The summed E-state index contributed by atoms with van der Waals surface area (Å²) in [4.78, 5) is 0. The van der Waals surface area contributed by atoms with Crippen molar-refractivity contribution in [3.63, 3.8) is 0 Å². The first kappa shape index (κ1) is 13.8. The second-order valence-corrected chi connectivity index (χ2v) is 7.50. The lowest BCUT2D eigenvalue weighted by Crippen LogP contribution is -2.35. The molecule has 0 radical (unpaired) electrons. The van der Waals surface area contributed by atoms with Crippen LogP contribution in [-0.2, 0) is 6.42 Å². The molecule has 0 amide bonds. The Morgan fingerprint density at radius 3 is 2.57 bits per heavy atom.